The van der Waals surface area contributed by atoms with Crippen molar-refractivity contribution in [1.82, 2.24) is 5.32 Å². The fourth-order valence-corrected chi connectivity index (χ4v) is 2.53. The fraction of sp³-hybridized carbons (Fsp3) is 0.786. The number of nitrogens with one attached hydrogen (secondary N) is 1. The molecular weight excluding hydrogens is 342 g/mol. The molecule has 0 aromatic rings. The van der Waals surface area contributed by atoms with Gasteiger partial charge in [0, 0.05) is 27.4 Å². The van der Waals surface area contributed by atoms with Gasteiger partial charge in [0.05, 0.1) is 12.1 Å². The van der Waals surface area contributed by atoms with Crippen LogP contribution in [-0.2, 0) is 28.6 Å². The Bertz CT molecular complexity index is 512. The molecule has 1 aliphatic rings. The van der Waals surface area contributed by atoms with Crippen LogP contribution < -0.4 is 5.32 Å². The van der Waals surface area contributed by atoms with E-state index in [2.05, 4.69) is 10.1 Å². The van der Waals surface area contributed by atoms with Crippen molar-refractivity contribution >= 4 is 17.8 Å². The van der Waals surface area contributed by atoms with E-state index in [1.165, 1.54) is 0 Å². The van der Waals surface area contributed by atoms with Gasteiger partial charge in [0.2, 0.25) is 5.91 Å². The molecule has 11 nitrogen and oxygen atoms in total. The van der Waals surface area contributed by atoms with Crippen molar-refractivity contribution < 1.29 is 49.0 Å². The molecule has 0 bridgehead atoms. The molecule has 0 radical (unpaired) electrons. The van der Waals surface area contributed by atoms with Crippen LogP contribution in [0.2, 0.25) is 0 Å². The van der Waals surface area contributed by atoms with Gasteiger partial charge in [0.1, 0.15) is 24.9 Å². The summed E-state index contributed by atoms with van der Waals surface area (Å²) in [5.41, 5.74) is 0. The number of aliphatic hydroxyl groups is 3. The topological polar surface area (TPSA) is 172 Å². The zero-order chi connectivity index (χ0) is 19.4. The van der Waals surface area contributed by atoms with Gasteiger partial charge in [-0.25, -0.2) is 4.79 Å². The molecule has 1 heterocycles. The highest BCUT2D eigenvalue weighted by Crippen LogP contribution is 2.33. The summed E-state index contributed by atoms with van der Waals surface area (Å²) < 4.78 is 14.7. The molecule has 1 aliphatic heterocycles. The summed E-state index contributed by atoms with van der Waals surface area (Å²) in [6.45, 7) is 1.66. The van der Waals surface area contributed by atoms with Crippen LogP contribution >= 0.6 is 0 Å². The highest BCUT2D eigenvalue weighted by molar-refractivity contribution is 5.76. The lowest BCUT2D eigenvalue weighted by Crippen LogP contribution is -2.67. The van der Waals surface area contributed by atoms with E-state index in [1.807, 2.05) is 0 Å². The number of amides is 1. The third-order valence-electron chi connectivity index (χ3n) is 3.79. The lowest BCUT2D eigenvalue weighted by Gasteiger charge is -2.46. The summed E-state index contributed by atoms with van der Waals surface area (Å²) in [7, 11) is 1.04. The first kappa shape index (κ1) is 21.3. The van der Waals surface area contributed by atoms with Crippen molar-refractivity contribution in [3.8, 4) is 0 Å². The summed E-state index contributed by atoms with van der Waals surface area (Å²) in [6.07, 6.45) is -6.96. The van der Waals surface area contributed by atoms with Crippen LogP contribution in [0.15, 0.2) is 0 Å². The van der Waals surface area contributed by atoms with E-state index < -0.39 is 67.1 Å². The van der Waals surface area contributed by atoms with Crippen LogP contribution in [0.5, 0.6) is 0 Å². The minimum Gasteiger partial charge on any atom is -0.477 e. The summed E-state index contributed by atoms with van der Waals surface area (Å²) in [5, 5.41) is 42.1. The molecule has 0 saturated carbocycles. The van der Waals surface area contributed by atoms with Gasteiger partial charge in [0.15, 0.2) is 0 Å². The second-order valence-corrected chi connectivity index (χ2v) is 5.70. The van der Waals surface area contributed by atoms with Crippen molar-refractivity contribution in [3.05, 3.63) is 0 Å². The van der Waals surface area contributed by atoms with E-state index in [1.54, 1.807) is 0 Å². The van der Waals surface area contributed by atoms with Gasteiger partial charge in [-0.3, -0.25) is 9.59 Å². The van der Waals surface area contributed by atoms with Crippen LogP contribution in [0, 0.1) is 0 Å². The molecule has 5 N–H and O–H groups in total. The van der Waals surface area contributed by atoms with E-state index in [-0.39, 0.29) is 0 Å². The Hall–Kier alpha value is -1.79. The summed E-state index contributed by atoms with van der Waals surface area (Å²) in [5.74, 6) is -5.10. The molecule has 0 aliphatic carbocycles. The van der Waals surface area contributed by atoms with Crippen LogP contribution in [0.25, 0.3) is 0 Å². The summed E-state index contributed by atoms with van der Waals surface area (Å²) in [6, 6.07) is -1.22. The number of ether oxygens (including phenoxy) is 3. The fourth-order valence-electron chi connectivity index (χ4n) is 2.53. The summed E-state index contributed by atoms with van der Waals surface area (Å²) >= 11 is 0. The Morgan fingerprint density at radius 3 is 2.36 bits per heavy atom. The third kappa shape index (κ3) is 5.09. The largest absolute Gasteiger partial charge is 0.477 e. The number of carbonyl (C=O) groups excluding carboxylic acids is 2. The third-order valence-corrected chi connectivity index (χ3v) is 3.79. The van der Waals surface area contributed by atoms with Crippen molar-refractivity contribution in [2.75, 3.05) is 13.7 Å². The average Bonchev–Trinajstić information content (AvgIpc) is 2.52. The number of methoxy groups -OCH3 is 1. The number of carbonyl (C=O) groups is 3. The number of aliphatic carboxylic acids is 1. The Morgan fingerprint density at radius 2 is 1.92 bits per heavy atom. The molecule has 1 amide bonds. The first-order valence-electron chi connectivity index (χ1n) is 7.45. The number of hydrogen-bond donors (Lipinski definition) is 5. The number of rotatable bonds is 7. The Labute approximate surface area is 143 Å². The zero-order valence-electron chi connectivity index (χ0n) is 14.0. The molecule has 11 heteroatoms. The standard InChI is InChI=1S/C14H23NO10/c1-6(16)15-10-8(18)4-14(23-3,13(21)22)25-12(10)11(20)9(19)5-24-7(2)17/h8-12,18-20H,4-5H2,1-3H3,(H,15,16)(H,21,22). The van der Waals surface area contributed by atoms with Crippen molar-refractivity contribution in [2.45, 2.75) is 56.5 Å². The van der Waals surface area contributed by atoms with Crippen LogP contribution in [-0.4, -0.2) is 88.2 Å². The predicted octanol–water partition coefficient (Wildman–Crippen LogP) is -2.65. The number of hydrogen-bond acceptors (Lipinski definition) is 9. The molecule has 0 aromatic heterocycles. The number of aliphatic hydroxyl groups excluding tert-OH is 3. The lowest BCUT2D eigenvalue weighted by atomic mass is 9.88. The Morgan fingerprint density at radius 1 is 1.32 bits per heavy atom. The van der Waals surface area contributed by atoms with E-state index in [9.17, 15) is 34.8 Å². The molecule has 6 unspecified atom stereocenters. The quantitative estimate of drug-likeness (QED) is 0.300. The summed E-state index contributed by atoms with van der Waals surface area (Å²) in [4.78, 5) is 33.6. The zero-order valence-corrected chi connectivity index (χ0v) is 14.0. The van der Waals surface area contributed by atoms with Gasteiger partial charge < -0.3 is 40.0 Å². The molecule has 1 rings (SSSR count). The van der Waals surface area contributed by atoms with E-state index in [0.29, 0.717) is 0 Å². The maximum absolute atomic E-state index is 11.5. The number of carboxylic acids is 1. The SMILES string of the molecule is COC1(C(=O)O)CC(O)C(NC(C)=O)C(C(O)C(O)COC(C)=O)O1. The molecule has 25 heavy (non-hydrogen) atoms. The van der Waals surface area contributed by atoms with E-state index in [0.717, 1.165) is 21.0 Å². The molecule has 1 saturated heterocycles. The first-order chi connectivity index (χ1) is 11.5. The predicted molar refractivity (Wildman–Crippen MR) is 79.1 cm³/mol. The number of carboxylic acid groups (broad SMARTS) is 1. The van der Waals surface area contributed by atoms with Gasteiger partial charge >= 0.3 is 11.9 Å². The minimum atomic E-state index is -2.28. The highest BCUT2D eigenvalue weighted by atomic mass is 16.7. The maximum atomic E-state index is 11.5. The maximum Gasteiger partial charge on any atom is 0.364 e. The molecular formula is C14H23NO10. The monoisotopic (exact) mass is 365 g/mol. The normalized spacial score (nSPS) is 31.7. The van der Waals surface area contributed by atoms with Crippen LogP contribution in [0.3, 0.4) is 0 Å². The smallest absolute Gasteiger partial charge is 0.364 e. The minimum absolute atomic E-state index is 0.521. The lowest BCUT2D eigenvalue weighted by molar-refractivity contribution is -0.303. The van der Waals surface area contributed by atoms with Gasteiger partial charge in [-0.15, -0.1) is 0 Å². The molecule has 144 valence electrons. The molecule has 6 atom stereocenters. The van der Waals surface area contributed by atoms with Gasteiger partial charge in [-0.05, 0) is 0 Å². The molecule has 1 fully saturated rings. The Balaban J connectivity index is 3.09. The van der Waals surface area contributed by atoms with E-state index in [4.69, 9.17) is 9.47 Å². The van der Waals surface area contributed by atoms with Crippen LogP contribution in [0.1, 0.15) is 20.3 Å². The molecule has 0 spiro atoms. The van der Waals surface area contributed by atoms with Crippen molar-refractivity contribution in [3.63, 3.8) is 0 Å². The average molecular weight is 365 g/mol. The number of esters is 1. The van der Waals surface area contributed by atoms with E-state index >= 15 is 0 Å². The van der Waals surface area contributed by atoms with Crippen LogP contribution in [0.4, 0.5) is 0 Å². The second-order valence-electron chi connectivity index (χ2n) is 5.70. The highest BCUT2D eigenvalue weighted by Gasteiger charge is 2.55. The van der Waals surface area contributed by atoms with Gasteiger partial charge in [-0.1, -0.05) is 0 Å². The van der Waals surface area contributed by atoms with Gasteiger partial charge in [-0.2, -0.15) is 0 Å². The van der Waals surface area contributed by atoms with Gasteiger partial charge in [0.25, 0.3) is 5.79 Å². The molecule has 0 aromatic carbocycles. The first-order valence-corrected chi connectivity index (χ1v) is 7.45. The Kier molecular flexibility index (Phi) is 7.26. The van der Waals surface area contributed by atoms with Crippen molar-refractivity contribution in [1.29, 1.82) is 0 Å². The van der Waals surface area contributed by atoms with Crippen molar-refractivity contribution in [2.24, 2.45) is 0 Å². The second kappa shape index (κ2) is 8.54.